The molecular formula is C36H43N7O6S. The molecule has 13 nitrogen and oxygen atoms in total. The highest BCUT2D eigenvalue weighted by molar-refractivity contribution is 7.93. The zero-order chi connectivity index (χ0) is 35.6. The molecule has 3 aromatic rings. The molecule has 1 unspecified atom stereocenters. The van der Waals surface area contributed by atoms with E-state index < -0.39 is 27.5 Å². The molecule has 0 saturated carbocycles. The molecule has 264 valence electrons. The molecule has 0 bridgehead atoms. The van der Waals surface area contributed by atoms with Crippen LogP contribution in [0.2, 0.25) is 0 Å². The normalized spacial score (nSPS) is 20.4. The number of hydrogen-bond donors (Lipinski definition) is 1. The van der Waals surface area contributed by atoms with Gasteiger partial charge in [-0.15, -0.1) is 0 Å². The van der Waals surface area contributed by atoms with Crippen molar-refractivity contribution in [3.63, 3.8) is 0 Å². The molecule has 3 aliphatic rings. The Balaban J connectivity index is 1.38. The first-order valence-electron chi connectivity index (χ1n) is 17.0. The van der Waals surface area contributed by atoms with E-state index in [1.165, 1.54) is 55.8 Å². The molecule has 1 N–H and O–H groups in total. The molecule has 0 spiro atoms. The molecule has 2 fully saturated rings. The van der Waals surface area contributed by atoms with E-state index in [-0.39, 0.29) is 39.8 Å². The van der Waals surface area contributed by atoms with Gasteiger partial charge in [-0.25, -0.2) is 18.2 Å². The maximum Gasteiger partial charge on any atom is 0.318 e. The Morgan fingerprint density at radius 2 is 1.74 bits per heavy atom. The molecule has 1 aromatic heterocycles. The number of rotatable bonds is 9. The van der Waals surface area contributed by atoms with Crippen LogP contribution in [-0.4, -0.2) is 105 Å². The summed E-state index contributed by atoms with van der Waals surface area (Å²) in [5.74, 6) is -0.450. The molecule has 0 radical (unpaired) electrons. The van der Waals surface area contributed by atoms with Crippen LogP contribution in [0.3, 0.4) is 0 Å². The van der Waals surface area contributed by atoms with Crippen molar-refractivity contribution in [2.75, 3.05) is 57.3 Å². The van der Waals surface area contributed by atoms with Gasteiger partial charge in [0.25, 0.3) is 15.9 Å². The summed E-state index contributed by atoms with van der Waals surface area (Å²) in [6.07, 6.45) is 3.02. The van der Waals surface area contributed by atoms with Gasteiger partial charge in [0.2, 0.25) is 5.88 Å². The van der Waals surface area contributed by atoms with Gasteiger partial charge in [-0.05, 0) is 88.2 Å². The summed E-state index contributed by atoms with van der Waals surface area (Å²) in [5.41, 5.74) is -1.63. The van der Waals surface area contributed by atoms with E-state index in [1.807, 2.05) is 0 Å². The Kier molecular flexibility index (Phi) is 10.0. The fraction of sp³-hybridized carbons (Fsp3) is 0.444. The van der Waals surface area contributed by atoms with Gasteiger partial charge >= 0.3 is 6.03 Å². The molecule has 0 aliphatic carbocycles. The third kappa shape index (κ3) is 6.25. The van der Waals surface area contributed by atoms with Crippen LogP contribution in [0, 0.1) is 11.3 Å². The standard InChI is InChI=1S/C36H43N7O6S/c1-5-49-33-30(7-6-16-38-33)36(39-35(45)42-17-14-27(15-18-42)41-21-19-40(20-22-41)25(2)3)31-23-26(24-37)8-13-32(31)43(34(36)44)50(46,47)29-11-9-28(48-4)10-12-29/h6-13,16,23,25,27H,5,14-15,17-22H2,1-4H3,(H,39,45). The van der Waals surface area contributed by atoms with Gasteiger partial charge in [0.05, 0.1) is 41.5 Å². The monoisotopic (exact) mass is 701 g/mol. The van der Waals surface area contributed by atoms with Crippen LogP contribution in [-0.2, 0) is 20.4 Å². The number of likely N-dealkylation sites (tertiary alicyclic amines) is 1. The predicted octanol–water partition coefficient (Wildman–Crippen LogP) is 3.54. The Morgan fingerprint density at radius 1 is 1.04 bits per heavy atom. The number of carbonyl (C=O) groups is 2. The summed E-state index contributed by atoms with van der Waals surface area (Å²) in [5, 5.41) is 12.9. The number of amides is 3. The van der Waals surface area contributed by atoms with Crippen molar-refractivity contribution in [2.45, 2.75) is 56.1 Å². The highest BCUT2D eigenvalue weighted by Crippen LogP contribution is 2.49. The lowest BCUT2D eigenvalue weighted by Crippen LogP contribution is -2.60. The van der Waals surface area contributed by atoms with Crippen LogP contribution < -0.4 is 19.1 Å². The van der Waals surface area contributed by atoms with Gasteiger partial charge in [-0.2, -0.15) is 9.57 Å². The average Bonchev–Trinajstić information content (AvgIpc) is 3.39. The third-order valence-corrected chi connectivity index (χ3v) is 11.7. The first-order chi connectivity index (χ1) is 24.0. The van der Waals surface area contributed by atoms with Gasteiger partial charge in [-0.3, -0.25) is 14.6 Å². The van der Waals surface area contributed by atoms with Crippen molar-refractivity contribution in [3.05, 3.63) is 77.5 Å². The third-order valence-electron chi connectivity index (χ3n) is 9.95. The second-order valence-electron chi connectivity index (χ2n) is 12.9. The molecule has 2 saturated heterocycles. The number of nitrogens with one attached hydrogen (secondary N) is 1. The average molecular weight is 702 g/mol. The van der Waals surface area contributed by atoms with Gasteiger partial charge in [0.1, 0.15) is 5.75 Å². The number of methoxy groups -OCH3 is 1. The van der Waals surface area contributed by atoms with E-state index in [9.17, 15) is 18.5 Å². The summed E-state index contributed by atoms with van der Waals surface area (Å²) < 4.78 is 40.5. The van der Waals surface area contributed by atoms with Crippen LogP contribution in [0.4, 0.5) is 10.5 Å². The maximum atomic E-state index is 15.0. The van der Waals surface area contributed by atoms with Gasteiger partial charge in [0, 0.05) is 63.1 Å². The largest absolute Gasteiger partial charge is 0.497 e. The smallest absolute Gasteiger partial charge is 0.318 e. The number of nitriles is 1. The number of ether oxygens (including phenoxy) is 2. The second-order valence-corrected chi connectivity index (χ2v) is 14.7. The zero-order valence-corrected chi connectivity index (χ0v) is 29.6. The lowest BCUT2D eigenvalue weighted by atomic mass is 9.83. The number of piperazine rings is 1. The van der Waals surface area contributed by atoms with Crippen LogP contribution in [0.25, 0.3) is 0 Å². The minimum atomic E-state index is -4.53. The van der Waals surface area contributed by atoms with Crippen LogP contribution >= 0.6 is 0 Å². The number of fused-ring (bicyclic) bond motifs is 1. The van der Waals surface area contributed by atoms with Crippen molar-refractivity contribution in [3.8, 4) is 17.7 Å². The Labute approximate surface area is 293 Å². The summed E-state index contributed by atoms with van der Waals surface area (Å²) in [6, 6.07) is 15.6. The molecule has 6 rings (SSSR count). The lowest BCUT2D eigenvalue weighted by Gasteiger charge is -2.44. The van der Waals surface area contributed by atoms with Crippen LogP contribution in [0.15, 0.2) is 65.7 Å². The highest BCUT2D eigenvalue weighted by Gasteiger charge is 2.59. The number of pyridine rings is 1. The SMILES string of the molecule is CCOc1ncccc1C1(NC(=O)N2CCC(N3CCN(C(C)C)CC3)CC2)C(=O)N(S(=O)(=O)c2ccc(OC)cc2)c2ccc(C#N)cc21. The molecule has 4 heterocycles. The minimum Gasteiger partial charge on any atom is -0.497 e. The fourth-order valence-corrected chi connectivity index (χ4v) is 8.68. The van der Waals surface area contributed by atoms with Gasteiger partial charge < -0.3 is 19.7 Å². The van der Waals surface area contributed by atoms with E-state index in [1.54, 1.807) is 24.0 Å². The maximum absolute atomic E-state index is 15.0. The van der Waals surface area contributed by atoms with Crippen LogP contribution in [0.1, 0.15) is 50.3 Å². The van der Waals surface area contributed by atoms with Crippen molar-refractivity contribution in [1.82, 2.24) is 25.0 Å². The second kappa shape index (κ2) is 14.3. The molecule has 3 aliphatic heterocycles. The quantitative estimate of drug-likeness (QED) is 0.351. The number of aromatic nitrogens is 1. The van der Waals surface area contributed by atoms with E-state index in [4.69, 9.17) is 9.47 Å². The molecule has 14 heteroatoms. The fourth-order valence-electron chi connectivity index (χ4n) is 7.22. The van der Waals surface area contributed by atoms with Crippen molar-refractivity contribution in [1.29, 1.82) is 5.26 Å². The number of carbonyl (C=O) groups excluding carboxylic acids is 2. The number of hydrogen-bond acceptors (Lipinski definition) is 10. The van der Waals surface area contributed by atoms with E-state index in [2.05, 4.69) is 40.0 Å². The Bertz CT molecular complexity index is 1880. The molecule has 1 atom stereocenters. The number of nitrogens with zero attached hydrogens (tertiary/aromatic N) is 6. The minimum absolute atomic E-state index is 0.00988. The topological polar surface area (TPSA) is 148 Å². The summed E-state index contributed by atoms with van der Waals surface area (Å²) in [4.78, 5) is 40.3. The van der Waals surface area contributed by atoms with E-state index in [0.717, 1.165) is 39.0 Å². The van der Waals surface area contributed by atoms with Gasteiger partial charge in [-0.1, -0.05) is 0 Å². The first kappa shape index (κ1) is 35.1. The van der Waals surface area contributed by atoms with Gasteiger partial charge in [0.15, 0.2) is 5.54 Å². The predicted molar refractivity (Wildman–Crippen MR) is 186 cm³/mol. The van der Waals surface area contributed by atoms with Crippen molar-refractivity contribution < 1.29 is 27.5 Å². The summed E-state index contributed by atoms with van der Waals surface area (Å²) >= 11 is 0. The van der Waals surface area contributed by atoms with Crippen molar-refractivity contribution in [2.24, 2.45) is 0 Å². The van der Waals surface area contributed by atoms with E-state index >= 15 is 4.79 Å². The number of sulfonamides is 1. The Hall–Kier alpha value is -4.71. The molecular weight excluding hydrogens is 659 g/mol. The summed E-state index contributed by atoms with van der Waals surface area (Å²) in [7, 11) is -3.06. The molecule has 2 aromatic carbocycles. The zero-order valence-electron chi connectivity index (χ0n) is 28.8. The molecule has 50 heavy (non-hydrogen) atoms. The number of benzene rings is 2. The molecule has 3 amide bonds. The summed E-state index contributed by atoms with van der Waals surface area (Å²) in [6.45, 7) is 11.3. The number of anilines is 1. The number of piperidine rings is 1. The number of urea groups is 1. The van der Waals surface area contributed by atoms with Crippen molar-refractivity contribution >= 4 is 27.6 Å². The van der Waals surface area contributed by atoms with Crippen LogP contribution in [0.5, 0.6) is 11.6 Å². The Morgan fingerprint density at radius 3 is 2.36 bits per heavy atom. The lowest BCUT2D eigenvalue weighted by molar-refractivity contribution is -0.121. The highest BCUT2D eigenvalue weighted by atomic mass is 32.2. The first-order valence-corrected chi connectivity index (χ1v) is 18.4. The van der Waals surface area contributed by atoms with E-state index in [0.29, 0.717) is 35.2 Å².